The highest BCUT2D eigenvalue weighted by Crippen LogP contribution is 2.43. The zero-order chi connectivity index (χ0) is 18.8. The highest BCUT2D eigenvalue weighted by Gasteiger charge is 2.34. The maximum Gasteiger partial charge on any atom is 0.244 e. The Hall–Kier alpha value is -3.17. The van der Waals surface area contributed by atoms with E-state index in [1.807, 2.05) is 30.3 Å². The molecule has 1 aromatic heterocycles. The zero-order valence-corrected chi connectivity index (χ0v) is 15.6. The average Bonchev–Trinajstić information content (AvgIpc) is 3.09. The first kappa shape index (κ1) is 17.3. The first-order valence-corrected chi connectivity index (χ1v) is 9.55. The molecule has 3 N–H and O–H groups in total. The van der Waals surface area contributed by atoms with Crippen LogP contribution in [0.5, 0.6) is 5.88 Å². The van der Waals surface area contributed by atoms with E-state index in [0.717, 1.165) is 16.8 Å². The van der Waals surface area contributed by atoms with E-state index < -0.39 is 0 Å². The highest BCUT2D eigenvalue weighted by molar-refractivity contribution is 7.98. The predicted octanol–water partition coefficient (Wildman–Crippen LogP) is 4.23. The first-order valence-electron chi connectivity index (χ1n) is 8.56. The molecule has 27 heavy (non-hydrogen) atoms. The van der Waals surface area contributed by atoms with Crippen molar-refractivity contribution in [2.75, 3.05) is 0 Å². The molecule has 0 saturated heterocycles. The molecular formula is C21H18N4OS. The second-order valence-corrected chi connectivity index (χ2v) is 7.41. The number of rotatable bonds is 4. The maximum absolute atomic E-state index is 9.68. The molecular weight excluding hydrogens is 356 g/mol. The SMILES string of the molecule is Cc1ccc(SCc2[nH]nc3c2[C@@H](c2ccccc2)C(C#N)=C(N)O3)cc1. The van der Waals surface area contributed by atoms with Crippen molar-refractivity contribution in [1.29, 1.82) is 5.26 Å². The number of ether oxygens (including phenoxy) is 1. The third-order valence-electron chi connectivity index (χ3n) is 4.55. The van der Waals surface area contributed by atoms with Crippen LogP contribution >= 0.6 is 11.8 Å². The van der Waals surface area contributed by atoms with Gasteiger partial charge in [0.05, 0.1) is 17.2 Å². The van der Waals surface area contributed by atoms with Gasteiger partial charge in [-0.3, -0.25) is 5.10 Å². The number of nitriles is 1. The van der Waals surface area contributed by atoms with Gasteiger partial charge < -0.3 is 10.5 Å². The lowest BCUT2D eigenvalue weighted by Gasteiger charge is -2.24. The molecule has 4 rings (SSSR count). The van der Waals surface area contributed by atoms with Crippen molar-refractivity contribution in [2.24, 2.45) is 5.73 Å². The standard InChI is InChI=1S/C21H18N4OS/c1-13-7-9-15(10-8-13)27-12-17-19-18(14-5-3-2-4-6-14)16(11-22)20(23)26-21(19)25-24-17/h2-10,18H,12,23H2,1H3,(H,24,25)/t18-/m0/s1. The van der Waals surface area contributed by atoms with Gasteiger partial charge in [-0.05, 0) is 24.6 Å². The molecule has 0 bridgehead atoms. The Morgan fingerprint density at radius 3 is 2.63 bits per heavy atom. The molecule has 0 saturated carbocycles. The van der Waals surface area contributed by atoms with Crippen LogP contribution in [-0.2, 0) is 5.75 Å². The molecule has 0 spiro atoms. The van der Waals surface area contributed by atoms with E-state index in [0.29, 0.717) is 17.2 Å². The minimum Gasteiger partial charge on any atom is -0.420 e. The molecule has 0 amide bonds. The van der Waals surface area contributed by atoms with E-state index in [1.165, 1.54) is 10.5 Å². The molecule has 6 heteroatoms. The van der Waals surface area contributed by atoms with Gasteiger partial charge in [-0.2, -0.15) is 5.26 Å². The monoisotopic (exact) mass is 374 g/mol. The van der Waals surface area contributed by atoms with Gasteiger partial charge in [0.25, 0.3) is 0 Å². The normalized spacial score (nSPS) is 15.8. The molecule has 0 unspecified atom stereocenters. The Kier molecular flexibility index (Phi) is 4.61. The summed E-state index contributed by atoms with van der Waals surface area (Å²) in [5.41, 5.74) is 10.4. The molecule has 2 heterocycles. The number of nitrogens with zero attached hydrogens (tertiary/aromatic N) is 2. The molecule has 0 radical (unpaired) electrons. The second kappa shape index (κ2) is 7.22. The summed E-state index contributed by atoms with van der Waals surface area (Å²) in [6.07, 6.45) is 0. The Balaban J connectivity index is 1.71. The zero-order valence-electron chi connectivity index (χ0n) is 14.8. The third kappa shape index (κ3) is 3.29. The lowest BCUT2D eigenvalue weighted by Crippen LogP contribution is -2.21. The van der Waals surface area contributed by atoms with Crippen molar-refractivity contribution in [3.05, 3.63) is 88.4 Å². The van der Waals surface area contributed by atoms with Crippen LogP contribution in [-0.4, -0.2) is 10.2 Å². The summed E-state index contributed by atoms with van der Waals surface area (Å²) >= 11 is 1.71. The number of aromatic nitrogens is 2. The number of hydrogen-bond donors (Lipinski definition) is 2. The van der Waals surface area contributed by atoms with E-state index >= 15 is 0 Å². The quantitative estimate of drug-likeness (QED) is 0.667. The van der Waals surface area contributed by atoms with Crippen molar-refractivity contribution in [2.45, 2.75) is 23.5 Å². The minimum atomic E-state index is -0.285. The summed E-state index contributed by atoms with van der Waals surface area (Å²) in [5, 5.41) is 17.0. The molecule has 3 aromatic rings. The van der Waals surface area contributed by atoms with E-state index in [4.69, 9.17) is 10.5 Å². The van der Waals surface area contributed by atoms with Gasteiger partial charge in [-0.25, -0.2) is 0 Å². The van der Waals surface area contributed by atoms with Gasteiger partial charge >= 0.3 is 0 Å². The number of hydrogen-bond acceptors (Lipinski definition) is 5. The second-order valence-electron chi connectivity index (χ2n) is 6.36. The van der Waals surface area contributed by atoms with Crippen molar-refractivity contribution in [3.63, 3.8) is 0 Å². The summed E-state index contributed by atoms with van der Waals surface area (Å²) in [7, 11) is 0. The van der Waals surface area contributed by atoms with Gasteiger partial charge in [-0.1, -0.05) is 48.0 Å². The van der Waals surface area contributed by atoms with Crippen molar-refractivity contribution in [1.82, 2.24) is 10.2 Å². The van der Waals surface area contributed by atoms with Crippen LogP contribution in [0.1, 0.15) is 28.3 Å². The van der Waals surface area contributed by atoms with Crippen LogP contribution in [0.15, 0.2) is 70.9 Å². The number of aromatic amines is 1. The summed E-state index contributed by atoms with van der Waals surface area (Å²) < 4.78 is 5.62. The number of aryl methyl sites for hydroxylation is 1. The van der Waals surface area contributed by atoms with Gasteiger partial charge in [-0.15, -0.1) is 16.9 Å². The molecule has 5 nitrogen and oxygen atoms in total. The summed E-state index contributed by atoms with van der Waals surface area (Å²) in [6, 6.07) is 20.5. The Bertz CT molecular complexity index is 1030. The van der Waals surface area contributed by atoms with Crippen LogP contribution in [0.4, 0.5) is 0 Å². The van der Waals surface area contributed by atoms with Crippen LogP contribution in [0.2, 0.25) is 0 Å². The van der Waals surface area contributed by atoms with Crippen LogP contribution in [0.3, 0.4) is 0 Å². The van der Waals surface area contributed by atoms with Crippen molar-refractivity contribution in [3.8, 4) is 11.9 Å². The van der Waals surface area contributed by atoms with Crippen molar-refractivity contribution < 1.29 is 4.74 Å². The van der Waals surface area contributed by atoms with Gasteiger partial charge in [0, 0.05) is 10.6 Å². The summed E-state index contributed by atoms with van der Waals surface area (Å²) in [4.78, 5) is 1.17. The van der Waals surface area contributed by atoms with Crippen LogP contribution in [0, 0.1) is 18.3 Å². The fraction of sp³-hybridized carbons (Fsp3) is 0.143. The minimum absolute atomic E-state index is 0.114. The average molecular weight is 374 g/mol. The molecule has 2 aromatic carbocycles. The van der Waals surface area contributed by atoms with Crippen molar-refractivity contribution >= 4 is 11.8 Å². The maximum atomic E-state index is 9.68. The van der Waals surface area contributed by atoms with E-state index in [-0.39, 0.29) is 11.8 Å². The molecule has 1 atom stereocenters. The number of H-pyrrole nitrogens is 1. The number of nitrogens with one attached hydrogen (secondary N) is 1. The fourth-order valence-electron chi connectivity index (χ4n) is 3.19. The lowest BCUT2D eigenvalue weighted by atomic mass is 9.84. The molecule has 1 aliphatic heterocycles. The van der Waals surface area contributed by atoms with Crippen LogP contribution < -0.4 is 10.5 Å². The highest BCUT2D eigenvalue weighted by atomic mass is 32.2. The third-order valence-corrected chi connectivity index (χ3v) is 5.59. The first-order chi connectivity index (χ1) is 13.2. The topological polar surface area (TPSA) is 87.7 Å². The molecule has 0 fully saturated rings. The number of fused-ring (bicyclic) bond motifs is 1. The van der Waals surface area contributed by atoms with E-state index in [1.54, 1.807) is 11.8 Å². The summed E-state index contributed by atoms with van der Waals surface area (Å²) in [6.45, 7) is 2.07. The number of benzene rings is 2. The molecule has 1 aliphatic rings. The van der Waals surface area contributed by atoms with E-state index in [9.17, 15) is 5.26 Å². The van der Waals surface area contributed by atoms with E-state index in [2.05, 4.69) is 47.5 Å². The van der Waals surface area contributed by atoms with Crippen LogP contribution in [0.25, 0.3) is 0 Å². The number of thioether (sulfide) groups is 1. The number of allylic oxidation sites excluding steroid dienone is 1. The van der Waals surface area contributed by atoms with Gasteiger partial charge in [0.15, 0.2) is 0 Å². The lowest BCUT2D eigenvalue weighted by molar-refractivity contribution is 0.379. The summed E-state index contributed by atoms with van der Waals surface area (Å²) in [5.74, 6) is 0.965. The molecule has 134 valence electrons. The smallest absolute Gasteiger partial charge is 0.244 e. The Morgan fingerprint density at radius 1 is 1.19 bits per heavy atom. The largest absolute Gasteiger partial charge is 0.420 e. The predicted molar refractivity (Wildman–Crippen MR) is 105 cm³/mol. The van der Waals surface area contributed by atoms with Gasteiger partial charge in [0.2, 0.25) is 11.8 Å². The fourth-order valence-corrected chi connectivity index (χ4v) is 4.05. The number of nitrogens with two attached hydrogens (primary N) is 1. The Morgan fingerprint density at radius 2 is 1.93 bits per heavy atom. The molecule has 0 aliphatic carbocycles. The van der Waals surface area contributed by atoms with Gasteiger partial charge in [0.1, 0.15) is 11.6 Å². The Labute approximate surface area is 161 Å².